The van der Waals surface area contributed by atoms with Crippen molar-refractivity contribution < 1.29 is 4.74 Å². The summed E-state index contributed by atoms with van der Waals surface area (Å²) in [6.45, 7) is 4.31. The minimum absolute atomic E-state index is 0.0876. The van der Waals surface area contributed by atoms with Crippen molar-refractivity contribution in [1.29, 1.82) is 5.26 Å². The average Bonchev–Trinajstić information content (AvgIpc) is 2.62. The van der Waals surface area contributed by atoms with Gasteiger partial charge < -0.3 is 10.1 Å². The van der Waals surface area contributed by atoms with Crippen molar-refractivity contribution in [2.75, 3.05) is 11.9 Å². The van der Waals surface area contributed by atoms with Crippen LogP contribution in [0.3, 0.4) is 0 Å². The zero-order chi connectivity index (χ0) is 18.6. The Morgan fingerprint density at radius 2 is 1.92 bits per heavy atom. The Bertz CT molecular complexity index is 921. The van der Waals surface area contributed by atoms with E-state index in [0.717, 1.165) is 22.3 Å². The maximum atomic E-state index is 12.1. The van der Waals surface area contributed by atoms with E-state index < -0.39 is 11.2 Å². The summed E-state index contributed by atoms with van der Waals surface area (Å²) < 4.78 is 8.18. The molecule has 25 heavy (non-hydrogen) atoms. The lowest BCUT2D eigenvalue weighted by atomic mass is 10.2. The first-order chi connectivity index (χ1) is 11.9. The highest BCUT2D eigenvalue weighted by Crippen LogP contribution is 2.19. The minimum atomic E-state index is -0.610. The molecule has 0 aliphatic carbocycles. The molecule has 2 rings (SSSR count). The van der Waals surface area contributed by atoms with Gasteiger partial charge in [0, 0.05) is 14.1 Å². The molecule has 0 fully saturated rings. The van der Waals surface area contributed by atoms with E-state index in [1.807, 2.05) is 44.2 Å². The van der Waals surface area contributed by atoms with Gasteiger partial charge in [-0.3, -0.25) is 13.9 Å². The highest BCUT2D eigenvalue weighted by atomic mass is 16.5. The molecule has 0 bridgehead atoms. The summed E-state index contributed by atoms with van der Waals surface area (Å²) >= 11 is 0. The molecule has 132 valence electrons. The van der Waals surface area contributed by atoms with Crippen LogP contribution in [-0.4, -0.2) is 21.8 Å². The molecule has 1 heterocycles. The van der Waals surface area contributed by atoms with Crippen LogP contribution in [-0.2, 0) is 14.1 Å². The second-order valence-corrected chi connectivity index (χ2v) is 5.84. The number of aryl methyl sites for hydroxylation is 1. The van der Waals surface area contributed by atoms with Crippen LogP contribution in [0.15, 0.2) is 33.9 Å². The molecule has 1 atom stereocenters. The fourth-order valence-electron chi connectivity index (χ4n) is 2.50. The first-order valence-corrected chi connectivity index (χ1v) is 8.07. The highest BCUT2D eigenvalue weighted by Gasteiger charge is 2.17. The van der Waals surface area contributed by atoms with Crippen LogP contribution in [0.2, 0.25) is 0 Å². The fourth-order valence-corrected chi connectivity index (χ4v) is 2.50. The normalized spacial score (nSPS) is 11.6. The summed E-state index contributed by atoms with van der Waals surface area (Å²) in [7, 11) is 2.87. The first-order valence-electron chi connectivity index (χ1n) is 8.07. The van der Waals surface area contributed by atoms with Crippen LogP contribution in [0, 0.1) is 18.3 Å². The Kier molecular flexibility index (Phi) is 5.65. The number of ether oxygens (including phenoxy) is 1. The van der Waals surface area contributed by atoms with E-state index in [2.05, 4.69) is 5.32 Å². The summed E-state index contributed by atoms with van der Waals surface area (Å²) in [5.41, 5.74) is -0.157. The number of nitrogens with one attached hydrogen (secondary N) is 1. The number of aromatic nitrogens is 2. The largest absolute Gasteiger partial charge is 0.488 e. The van der Waals surface area contributed by atoms with E-state index in [1.54, 1.807) is 0 Å². The Morgan fingerprint density at radius 3 is 2.52 bits per heavy atom. The standard InChI is InChI=1S/C18H22N4O3/c1-5-13(25-15-9-7-6-8-12(15)2)11-20-16-14(10-19)17(23)22(4)18(24)21(16)3/h6-9,13,20H,5,11H2,1-4H3. The lowest BCUT2D eigenvalue weighted by molar-refractivity contribution is 0.208. The minimum Gasteiger partial charge on any atom is -0.488 e. The lowest BCUT2D eigenvalue weighted by Gasteiger charge is -2.21. The van der Waals surface area contributed by atoms with Gasteiger partial charge in [0.25, 0.3) is 5.56 Å². The maximum Gasteiger partial charge on any atom is 0.332 e. The van der Waals surface area contributed by atoms with Crippen molar-refractivity contribution in [2.45, 2.75) is 26.4 Å². The zero-order valence-electron chi connectivity index (χ0n) is 14.9. The maximum absolute atomic E-state index is 12.1. The Balaban J connectivity index is 2.26. The molecule has 0 spiro atoms. The van der Waals surface area contributed by atoms with Crippen molar-refractivity contribution >= 4 is 5.82 Å². The van der Waals surface area contributed by atoms with E-state index in [1.165, 1.54) is 18.7 Å². The molecule has 0 saturated heterocycles. The molecule has 7 heteroatoms. The molecule has 1 aromatic heterocycles. The quantitative estimate of drug-likeness (QED) is 0.860. The summed E-state index contributed by atoms with van der Waals surface area (Å²) in [5, 5.41) is 12.3. The summed E-state index contributed by atoms with van der Waals surface area (Å²) in [5.74, 6) is 0.997. The second kappa shape index (κ2) is 7.71. The number of rotatable bonds is 6. The van der Waals surface area contributed by atoms with Gasteiger partial charge in [0.05, 0.1) is 6.54 Å². The average molecular weight is 342 g/mol. The van der Waals surface area contributed by atoms with Gasteiger partial charge >= 0.3 is 5.69 Å². The number of anilines is 1. The second-order valence-electron chi connectivity index (χ2n) is 5.84. The van der Waals surface area contributed by atoms with Crippen LogP contribution in [0.1, 0.15) is 24.5 Å². The third kappa shape index (κ3) is 3.74. The van der Waals surface area contributed by atoms with Crippen LogP contribution >= 0.6 is 0 Å². The number of benzene rings is 1. The number of nitriles is 1. The molecule has 0 aliphatic rings. The third-order valence-corrected chi connectivity index (χ3v) is 4.12. The van der Waals surface area contributed by atoms with Gasteiger partial charge in [-0.15, -0.1) is 0 Å². The van der Waals surface area contributed by atoms with Gasteiger partial charge in [-0.2, -0.15) is 5.26 Å². The van der Waals surface area contributed by atoms with Crippen molar-refractivity contribution in [3.05, 3.63) is 56.2 Å². The number of nitrogens with zero attached hydrogens (tertiary/aromatic N) is 3. The first kappa shape index (κ1) is 18.3. The van der Waals surface area contributed by atoms with Gasteiger partial charge in [0.15, 0.2) is 5.56 Å². The van der Waals surface area contributed by atoms with Crippen molar-refractivity contribution in [1.82, 2.24) is 9.13 Å². The number of hydrogen-bond acceptors (Lipinski definition) is 5. The molecule has 0 radical (unpaired) electrons. The van der Waals surface area contributed by atoms with E-state index in [4.69, 9.17) is 4.74 Å². The molecule has 1 N–H and O–H groups in total. The molecule has 7 nitrogen and oxygen atoms in total. The van der Waals surface area contributed by atoms with E-state index in [0.29, 0.717) is 6.54 Å². The molecule has 0 saturated carbocycles. The molecular formula is C18H22N4O3. The van der Waals surface area contributed by atoms with E-state index >= 15 is 0 Å². The third-order valence-electron chi connectivity index (χ3n) is 4.12. The molecule has 0 aliphatic heterocycles. The Labute approximate surface area is 146 Å². The predicted molar refractivity (Wildman–Crippen MR) is 96.0 cm³/mol. The summed E-state index contributed by atoms with van der Waals surface area (Å²) in [6, 6.07) is 9.58. The summed E-state index contributed by atoms with van der Waals surface area (Å²) in [6.07, 6.45) is 0.550. The highest BCUT2D eigenvalue weighted by molar-refractivity contribution is 5.51. The fraction of sp³-hybridized carbons (Fsp3) is 0.389. The van der Waals surface area contributed by atoms with Gasteiger partial charge in [-0.05, 0) is 25.0 Å². The van der Waals surface area contributed by atoms with Gasteiger partial charge in [0.2, 0.25) is 0 Å². The SMILES string of the molecule is CCC(CNc1c(C#N)c(=O)n(C)c(=O)n1C)Oc1ccccc1C. The molecule has 1 unspecified atom stereocenters. The van der Waals surface area contributed by atoms with Crippen LogP contribution in [0.25, 0.3) is 0 Å². The number of hydrogen-bond donors (Lipinski definition) is 1. The Hall–Kier alpha value is -3.01. The zero-order valence-corrected chi connectivity index (χ0v) is 14.9. The van der Waals surface area contributed by atoms with E-state index in [-0.39, 0.29) is 17.5 Å². The van der Waals surface area contributed by atoms with Crippen molar-refractivity contribution in [3.63, 3.8) is 0 Å². The molecule has 1 aromatic carbocycles. The molecule has 2 aromatic rings. The van der Waals surface area contributed by atoms with Crippen LogP contribution in [0.4, 0.5) is 5.82 Å². The van der Waals surface area contributed by atoms with Crippen LogP contribution < -0.4 is 21.3 Å². The van der Waals surface area contributed by atoms with Gasteiger partial charge in [-0.25, -0.2) is 4.79 Å². The Morgan fingerprint density at radius 1 is 1.24 bits per heavy atom. The topological polar surface area (TPSA) is 89.0 Å². The van der Waals surface area contributed by atoms with Gasteiger partial charge in [0.1, 0.15) is 23.7 Å². The van der Waals surface area contributed by atoms with Gasteiger partial charge in [-0.1, -0.05) is 25.1 Å². The number of para-hydroxylation sites is 1. The molecular weight excluding hydrogens is 320 g/mol. The smallest absolute Gasteiger partial charge is 0.332 e. The van der Waals surface area contributed by atoms with Crippen LogP contribution in [0.5, 0.6) is 5.75 Å². The van der Waals surface area contributed by atoms with Crippen molar-refractivity contribution in [3.8, 4) is 11.8 Å². The monoisotopic (exact) mass is 342 g/mol. The molecule has 0 amide bonds. The lowest BCUT2D eigenvalue weighted by Crippen LogP contribution is -2.40. The van der Waals surface area contributed by atoms with Crippen molar-refractivity contribution in [2.24, 2.45) is 14.1 Å². The predicted octanol–water partition coefficient (Wildman–Crippen LogP) is 1.53. The van der Waals surface area contributed by atoms with E-state index in [9.17, 15) is 14.9 Å². The summed E-state index contributed by atoms with van der Waals surface area (Å²) in [4.78, 5) is 24.2.